The second-order valence-electron chi connectivity index (χ2n) is 3.00. The van der Waals surface area contributed by atoms with Crippen molar-refractivity contribution in [2.75, 3.05) is 0 Å². The number of benzene rings is 1. The van der Waals surface area contributed by atoms with Crippen molar-refractivity contribution < 1.29 is 0 Å². The summed E-state index contributed by atoms with van der Waals surface area (Å²) in [5, 5.41) is 0. The number of fused-ring (bicyclic) bond motifs is 1. The summed E-state index contributed by atoms with van der Waals surface area (Å²) in [6, 6.07) is 8.55. The minimum atomic E-state index is 1.10. The van der Waals surface area contributed by atoms with Gasteiger partial charge in [0.15, 0.2) is 0 Å². The fourth-order valence-electron chi connectivity index (χ4n) is 1.44. The van der Waals surface area contributed by atoms with Gasteiger partial charge in [0.25, 0.3) is 0 Å². The highest BCUT2D eigenvalue weighted by Crippen LogP contribution is 2.21. The largest absolute Gasteiger partial charge is 0.0805 e. The van der Waals surface area contributed by atoms with Crippen molar-refractivity contribution >= 4 is 0 Å². The summed E-state index contributed by atoms with van der Waals surface area (Å²) in [5.74, 6) is 0. The maximum absolute atomic E-state index is 2.27. The molecule has 0 heterocycles. The van der Waals surface area contributed by atoms with Crippen molar-refractivity contribution in [1.82, 2.24) is 0 Å². The van der Waals surface area contributed by atoms with E-state index in [1.807, 2.05) is 0 Å². The van der Waals surface area contributed by atoms with E-state index in [0.717, 1.165) is 6.42 Å². The van der Waals surface area contributed by atoms with E-state index in [4.69, 9.17) is 0 Å². The number of hydrogen-bond donors (Lipinski definition) is 0. The lowest BCUT2D eigenvalue weighted by atomic mass is 9.93. The molecule has 0 fully saturated rings. The third-order valence-electron chi connectivity index (χ3n) is 2.08. The highest BCUT2D eigenvalue weighted by molar-refractivity contribution is 5.44. The summed E-state index contributed by atoms with van der Waals surface area (Å²) < 4.78 is 0. The Kier molecular flexibility index (Phi) is 1.54. The predicted molar refractivity (Wildman–Crippen MR) is 47.3 cm³/mol. The standard InChI is InChI=1S/C11H11/c1-9-6-7-10-4-2-3-5-11(10)8-9/h2-6,8H,7H2,1H3. The van der Waals surface area contributed by atoms with Gasteiger partial charge in [-0.1, -0.05) is 35.9 Å². The monoisotopic (exact) mass is 143 g/mol. The first-order chi connectivity index (χ1) is 5.36. The van der Waals surface area contributed by atoms with Gasteiger partial charge in [-0.15, -0.1) is 0 Å². The molecule has 1 aliphatic carbocycles. The summed E-state index contributed by atoms with van der Waals surface area (Å²) in [7, 11) is 0. The molecule has 0 atom stereocenters. The molecule has 0 amide bonds. The van der Waals surface area contributed by atoms with E-state index in [-0.39, 0.29) is 0 Å². The van der Waals surface area contributed by atoms with Crippen LogP contribution in [0, 0.1) is 6.42 Å². The van der Waals surface area contributed by atoms with Gasteiger partial charge in [0.1, 0.15) is 0 Å². The molecule has 1 aromatic carbocycles. The van der Waals surface area contributed by atoms with Crippen LogP contribution < -0.4 is 0 Å². The van der Waals surface area contributed by atoms with E-state index in [1.165, 1.54) is 16.7 Å². The van der Waals surface area contributed by atoms with Crippen molar-refractivity contribution in [3.63, 3.8) is 0 Å². The second kappa shape index (κ2) is 2.54. The van der Waals surface area contributed by atoms with Gasteiger partial charge in [-0.25, -0.2) is 0 Å². The van der Waals surface area contributed by atoms with Crippen LogP contribution in [-0.4, -0.2) is 0 Å². The van der Waals surface area contributed by atoms with Gasteiger partial charge in [-0.3, -0.25) is 0 Å². The molecule has 1 radical (unpaired) electrons. The quantitative estimate of drug-likeness (QED) is 0.524. The van der Waals surface area contributed by atoms with Crippen LogP contribution in [0.15, 0.2) is 35.9 Å². The van der Waals surface area contributed by atoms with Gasteiger partial charge in [0, 0.05) is 6.42 Å². The van der Waals surface area contributed by atoms with E-state index < -0.39 is 0 Å². The van der Waals surface area contributed by atoms with Crippen molar-refractivity contribution in [2.24, 2.45) is 0 Å². The van der Waals surface area contributed by atoms with Gasteiger partial charge >= 0.3 is 0 Å². The number of rotatable bonds is 0. The fraction of sp³-hybridized carbons (Fsp3) is 0.182. The van der Waals surface area contributed by atoms with Crippen molar-refractivity contribution in [3.8, 4) is 0 Å². The van der Waals surface area contributed by atoms with Crippen LogP contribution in [0.1, 0.15) is 18.1 Å². The van der Waals surface area contributed by atoms with Gasteiger partial charge in [-0.05, 0) is 24.5 Å². The topological polar surface area (TPSA) is 0 Å². The molecule has 0 bridgehead atoms. The van der Waals surface area contributed by atoms with E-state index >= 15 is 0 Å². The maximum Gasteiger partial charge on any atom is 0.0154 e. The molecule has 0 aliphatic heterocycles. The first-order valence-electron chi connectivity index (χ1n) is 3.96. The average molecular weight is 143 g/mol. The Morgan fingerprint density at radius 3 is 2.91 bits per heavy atom. The lowest BCUT2D eigenvalue weighted by Gasteiger charge is -2.12. The van der Waals surface area contributed by atoms with Crippen molar-refractivity contribution in [3.05, 3.63) is 53.5 Å². The molecule has 55 valence electrons. The normalized spacial score (nSPS) is 15.5. The Labute approximate surface area is 67.6 Å². The second-order valence-corrected chi connectivity index (χ2v) is 3.00. The molecular formula is C11H11. The minimum Gasteiger partial charge on any atom is -0.0805 e. The summed E-state index contributed by atoms with van der Waals surface area (Å²) >= 11 is 0. The Balaban J connectivity index is 2.42. The molecule has 0 heteroatoms. The molecular weight excluding hydrogens is 132 g/mol. The zero-order valence-corrected chi connectivity index (χ0v) is 6.67. The lowest BCUT2D eigenvalue weighted by Crippen LogP contribution is -1.97. The van der Waals surface area contributed by atoms with E-state index in [9.17, 15) is 0 Å². The minimum absolute atomic E-state index is 1.10. The smallest absolute Gasteiger partial charge is 0.0154 e. The van der Waals surface area contributed by atoms with Crippen LogP contribution in [0.3, 0.4) is 0 Å². The average Bonchev–Trinajstić information content (AvgIpc) is 2.04. The van der Waals surface area contributed by atoms with Crippen LogP contribution >= 0.6 is 0 Å². The highest BCUT2D eigenvalue weighted by atomic mass is 14.1. The molecule has 1 aliphatic rings. The SMILES string of the molecule is CC1=CCc2ccccc2[CH]1. The van der Waals surface area contributed by atoms with Crippen LogP contribution in [0.4, 0.5) is 0 Å². The van der Waals surface area contributed by atoms with Gasteiger partial charge in [0.2, 0.25) is 0 Å². The molecule has 0 N–H and O–H groups in total. The molecule has 0 aromatic heterocycles. The Bertz CT molecular complexity index is 295. The third kappa shape index (κ3) is 1.21. The molecule has 1 aromatic rings. The van der Waals surface area contributed by atoms with E-state index in [1.54, 1.807) is 0 Å². The molecule has 0 unspecified atom stereocenters. The van der Waals surface area contributed by atoms with E-state index in [0.29, 0.717) is 0 Å². The Morgan fingerprint density at radius 2 is 2.00 bits per heavy atom. The fourth-order valence-corrected chi connectivity index (χ4v) is 1.44. The Hall–Kier alpha value is -1.04. The summed E-state index contributed by atoms with van der Waals surface area (Å²) in [4.78, 5) is 0. The highest BCUT2D eigenvalue weighted by Gasteiger charge is 2.06. The van der Waals surface area contributed by atoms with Crippen molar-refractivity contribution in [1.29, 1.82) is 0 Å². The first kappa shape index (κ1) is 6.66. The van der Waals surface area contributed by atoms with E-state index in [2.05, 4.69) is 43.7 Å². The van der Waals surface area contributed by atoms with Gasteiger partial charge in [-0.2, -0.15) is 0 Å². The molecule has 2 rings (SSSR count). The molecule has 0 spiro atoms. The summed E-state index contributed by atoms with van der Waals surface area (Å²) in [6.07, 6.45) is 5.60. The first-order valence-corrected chi connectivity index (χ1v) is 3.96. The molecule has 11 heavy (non-hydrogen) atoms. The van der Waals surface area contributed by atoms with Crippen LogP contribution in [-0.2, 0) is 6.42 Å². The lowest BCUT2D eigenvalue weighted by molar-refractivity contribution is 1.14. The van der Waals surface area contributed by atoms with Crippen molar-refractivity contribution in [2.45, 2.75) is 13.3 Å². The summed E-state index contributed by atoms with van der Waals surface area (Å²) in [5.41, 5.74) is 4.20. The number of hydrogen-bond acceptors (Lipinski definition) is 0. The zero-order chi connectivity index (χ0) is 7.68. The summed E-state index contributed by atoms with van der Waals surface area (Å²) in [6.45, 7) is 2.15. The van der Waals surface area contributed by atoms with Crippen LogP contribution in [0.25, 0.3) is 0 Å². The number of allylic oxidation sites excluding steroid dienone is 2. The van der Waals surface area contributed by atoms with Gasteiger partial charge < -0.3 is 0 Å². The maximum atomic E-state index is 2.27. The zero-order valence-electron chi connectivity index (χ0n) is 6.67. The molecule has 0 nitrogen and oxygen atoms in total. The van der Waals surface area contributed by atoms with Gasteiger partial charge in [0.05, 0.1) is 0 Å². The predicted octanol–water partition coefficient (Wildman–Crippen LogP) is 2.74. The van der Waals surface area contributed by atoms with Crippen LogP contribution in [0.5, 0.6) is 0 Å². The molecule has 0 saturated carbocycles. The molecule has 0 saturated heterocycles. The third-order valence-corrected chi connectivity index (χ3v) is 2.08. The van der Waals surface area contributed by atoms with Crippen LogP contribution in [0.2, 0.25) is 0 Å². The Morgan fingerprint density at radius 1 is 1.18 bits per heavy atom.